The van der Waals surface area contributed by atoms with Crippen molar-refractivity contribution in [3.8, 4) is 23.0 Å². The van der Waals surface area contributed by atoms with Crippen molar-refractivity contribution < 1.29 is 14.0 Å². The third-order valence-corrected chi connectivity index (χ3v) is 3.72. The Bertz CT molecular complexity index is 598. The average molecular weight is 275 g/mol. The highest BCUT2D eigenvalue weighted by Crippen LogP contribution is 2.38. The van der Waals surface area contributed by atoms with E-state index in [1.54, 1.807) is 20.3 Å². The van der Waals surface area contributed by atoms with E-state index in [4.69, 9.17) is 19.7 Å². The van der Waals surface area contributed by atoms with Gasteiger partial charge in [0.1, 0.15) is 11.5 Å². The molecule has 106 valence electrons. The number of hydrogen-bond donors (Lipinski definition) is 1. The van der Waals surface area contributed by atoms with E-state index in [9.17, 15) is 0 Å². The van der Waals surface area contributed by atoms with E-state index in [1.807, 2.05) is 12.1 Å². The van der Waals surface area contributed by atoms with Crippen LogP contribution in [0, 0.1) is 0 Å². The van der Waals surface area contributed by atoms with Gasteiger partial charge in [-0.3, -0.25) is 0 Å². The molecule has 0 amide bonds. The summed E-state index contributed by atoms with van der Waals surface area (Å²) in [4.78, 5) is 4.41. The molecule has 6 heteroatoms. The van der Waals surface area contributed by atoms with E-state index in [2.05, 4.69) is 10.1 Å². The van der Waals surface area contributed by atoms with E-state index in [1.165, 1.54) is 0 Å². The lowest BCUT2D eigenvalue weighted by atomic mass is 9.77. The molecule has 0 unspecified atom stereocenters. The second-order valence-electron chi connectivity index (χ2n) is 5.03. The molecular formula is C14H17N3O3. The maximum atomic E-state index is 6.19. The second-order valence-corrected chi connectivity index (χ2v) is 5.03. The van der Waals surface area contributed by atoms with Gasteiger partial charge < -0.3 is 19.7 Å². The number of aromatic nitrogens is 2. The molecule has 0 spiro atoms. The molecule has 0 saturated heterocycles. The Hall–Kier alpha value is -2.08. The topological polar surface area (TPSA) is 83.4 Å². The summed E-state index contributed by atoms with van der Waals surface area (Å²) >= 11 is 0. The second kappa shape index (κ2) is 4.79. The predicted molar refractivity (Wildman–Crippen MR) is 72.6 cm³/mol. The standard InChI is InChI=1S/C14H17N3O3/c1-18-10-6-9(7-11(8-10)19-2)12-16-13(17-20-12)14(15)4-3-5-14/h6-8H,3-5,15H2,1-2H3. The molecule has 0 aliphatic heterocycles. The van der Waals surface area contributed by atoms with Crippen LogP contribution in [0.2, 0.25) is 0 Å². The van der Waals surface area contributed by atoms with Gasteiger partial charge in [0.15, 0.2) is 5.82 Å². The minimum atomic E-state index is -0.426. The molecule has 1 aliphatic carbocycles. The van der Waals surface area contributed by atoms with Crippen LogP contribution < -0.4 is 15.2 Å². The van der Waals surface area contributed by atoms with E-state index >= 15 is 0 Å². The van der Waals surface area contributed by atoms with Gasteiger partial charge in [-0.05, 0) is 31.4 Å². The summed E-state index contributed by atoms with van der Waals surface area (Å²) in [6, 6.07) is 5.44. The van der Waals surface area contributed by atoms with Crippen molar-refractivity contribution in [2.24, 2.45) is 5.73 Å². The minimum absolute atomic E-state index is 0.425. The third kappa shape index (κ3) is 2.12. The van der Waals surface area contributed by atoms with Crippen molar-refractivity contribution in [3.63, 3.8) is 0 Å². The molecule has 1 heterocycles. The maximum absolute atomic E-state index is 6.19. The van der Waals surface area contributed by atoms with Crippen LogP contribution in [0.15, 0.2) is 22.7 Å². The molecule has 1 saturated carbocycles. The number of benzene rings is 1. The fraction of sp³-hybridized carbons (Fsp3) is 0.429. The van der Waals surface area contributed by atoms with Gasteiger partial charge in [0.2, 0.25) is 0 Å². The van der Waals surface area contributed by atoms with Crippen molar-refractivity contribution in [1.82, 2.24) is 10.1 Å². The van der Waals surface area contributed by atoms with Crippen LogP contribution in [-0.2, 0) is 5.54 Å². The van der Waals surface area contributed by atoms with E-state index in [0.717, 1.165) is 24.8 Å². The van der Waals surface area contributed by atoms with Gasteiger partial charge >= 0.3 is 0 Å². The van der Waals surface area contributed by atoms with Gasteiger partial charge in [-0.1, -0.05) is 5.16 Å². The van der Waals surface area contributed by atoms with Crippen LogP contribution in [0.25, 0.3) is 11.5 Å². The van der Waals surface area contributed by atoms with Gasteiger partial charge in [-0.2, -0.15) is 4.98 Å². The van der Waals surface area contributed by atoms with Gasteiger partial charge in [0.05, 0.1) is 19.8 Å². The predicted octanol–water partition coefficient (Wildman–Crippen LogP) is 2.09. The highest BCUT2D eigenvalue weighted by atomic mass is 16.5. The average Bonchev–Trinajstić information content (AvgIpc) is 2.94. The van der Waals surface area contributed by atoms with Crippen LogP contribution >= 0.6 is 0 Å². The van der Waals surface area contributed by atoms with Gasteiger partial charge in [-0.15, -0.1) is 0 Å². The molecule has 0 bridgehead atoms. The normalized spacial score (nSPS) is 16.6. The zero-order chi connectivity index (χ0) is 14.2. The van der Waals surface area contributed by atoms with Crippen molar-refractivity contribution in [3.05, 3.63) is 24.0 Å². The van der Waals surface area contributed by atoms with Crippen LogP contribution in [0.5, 0.6) is 11.5 Å². The van der Waals surface area contributed by atoms with Crippen molar-refractivity contribution in [2.75, 3.05) is 14.2 Å². The minimum Gasteiger partial charge on any atom is -0.497 e. The lowest BCUT2D eigenvalue weighted by Crippen LogP contribution is -2.44. The third-order valence-electron chi connectivity index (χ3n) is 3.72. The van der Waals surface area contributed by atoms with Crippen LogP contribution in [-0.4, -0.2) is 24.4 Å². The van der Waals surface area contributed by atoms with Crippen molar-refractivity contribution >= 4 is 0 Å². The van der Waals surface area contributed by atoms with Gasteiger partial charge in [0.25, 0.3) is 5.89 Å². The van der Waals surface area contributed by atoms with Crippen LogP contribution in [0.1, 0.15) is 25.1 Å². The Kier molecular flexibility index (Phi) is 3.10. The molecule has 20 heavy (non-hydrogen) atoms. The largest absolute Gasteiger partial charge is 0.497 e. The maximum Gasteiger partial charge on any atom is 0.258 e. The Morgan fingerprint density at radius 3 is 2.30 bits per heavy atom. The molecule has 2 aromatic rings. The van der Waals surface area contributed by atoms with Crippen LogP contribution in [0.3, 0.4) is 0 Å². The summed E-state index contributed by atoms with van der Waals surface area (Å²) in [5.41, 5.74) is 6.52. The summed E-state index contributed by atoms with van der Waals surface area (Å²) in [6.45, 7) is 0. The molecule has 1 aromatic carbocycles. The highest BCUT2D eigenvalue weighted by Gasteiger charge is 2.39. The zero-order valence-electron chi connectivity index (χ0n) is 11.5. The molecule has 1 aromatic heterocycles. The lowest BCUT2D eigenvalue weighted by Gasteiger charge is -2.34. The first-order chi connectivity index (χ1) is 9.64. The molecule has 0 atom stereocenters. The van der Waals surface area contributed by atoms with Crippen LogP contribution in [0.4, 0.5) is 0 Å². The summed E-state index contributed by atoms with van der Waals surface area (Å²) in [6.07, 6.45) is 2.90. The Balaban J connectivity index is 1.96. The Morgan fingerprint density at radius 1 is 1.15 bits per heavy atom. The fourth-order valence-electron chi connectivity index (χ4n) is 2.26. The number of nitrogens with two attached hydrogens (primary N) is 1. The fourth-order valence-corrected chi connectivity index (χ4v) is 2.26. The summed E-state index contributed by atoms with van der Waals surface area (Å²) in [5.74, 6) is 2.34. The Morgan fingerprint density at radius 2 is 1.80 bits per heavy atom. The molecule has 1 fully saturated rings. The number of rotatable bonds is 4. The van der Waals surface area contributed by atoms with E-state index < -0.39 is 5.54 Å². The molecular weight excluding hydrogens is 258 g/mol. The smallest absolute Gasteiger partial charge is 0.258 e. The summed E-state index contributed by atoms with van der Waals surface area (Å²) in [5, 5.41) is 4.00. The number of ether oxygens (including phenoxy) is 2. The first-order valence-electron chi connectivity index (χ1n) is 6.51. The van der Waals surface area contributed by atoms with Crippen molar-refractivity contribution in [1.29, 1.82) is 0 Å². The van der Waals surface area contributed by atoms with Crippen molar-refractivity contribution in [2.45, 2.75) is 24.8 Å². The van der Waals surface area contributed by atoms with E-state index in [0.29, 0.717) is 23.2 Å². The highest BCUT2D eigenvalue weighted by molar-refractivity contribution is 5.59. The number of methoxy groups -OCH3 is 2. The summed E-state index contributed by atoms with van der Waals surface area (Å²) < 4.78 is 15.8. The molecule has 3 rings (SSSR count). The summed E-state index contributed by atoms with van der Waals surface area (Å²) in [7, 11) is 3.20. The quantitative estimate of drug-likeness (QED) is 0.919. The molecule has 0 radical (unpaired) electrons. The van der Waals surface area contributed by atoms with Gasteiger partial charge in [0, 0.05) is 11.6 Å². The first-order valence-corrected chi connectivity index (χ1v) is 6.51. The SMILES string of the molecule is COc1cc(OC)cc(-c2nc(C3(N)CCC3)no2)c1. The molecule has 2 N–H and O–H groups in total. The number of nitrogens with zero attached hydrogens (tertiary/aromatic N) is 2. The monoisotopic (exact) mass is 275 g/mol. The molecule has 1 aliphatic rings. The first kappa shape index (κ1) is 12.9. The number of hydrogen-bond acceptors (Lipinski definition) is 6. The Labute approximate surface area is 116 Å². The zero-order valence-corrected chi connectivity index (χ0v) is 11.5. The van der Waals surface area contributed by atoms with Gasteiger partial charge in [-0.25, -0.2) is 0 Å². The molecule has 6 nitrogen and oxygen atoms in total. The van der Waals surface area contributed by atoms with E-state index in [-0.39, 0.29) is 0 Å². The lowest BCUT2D eigenvalue weighted by molar-refractivity contribution is 0.229.